The van der Waals surface area contributed by atoms with Gasteiger partial charge in [-0.3, -0.25) is 4.79 Å². The predicted octanol–water partition coefficient (Wildman–Crippen LogP) is 4.60. The summed E-state index contributed by atoms with van der Waals surface area (Å²) in [4.78, 5) is 19.7. The maximum Gasteiger partial charge on any atom is 0.250 e. The van der Waals surface area contributed by atoms with Gasteiger partial charge in [0.1, 0.15) is 11.6 Å². The summed E-state index contributed by atoms with van der Waals surface area (Å²) in [6.07, 6.45) is 7.64. The van der Waals surface area contributed by atoms with E-state index in [1.807, 2.05) is 46.9 Å². The minimum atomic E-state index is -0.637. The summed E-state index contributed by atoms with van der Waals surface area (Å²) < 4.78 is 21.0. The molecule has 34 heavy (non-hydrogen) atoms. The summed E-state index contributed by atoms with van der Waals surface area (Å²) in [5, 5.41) is 10.9. The largest absolute Gasteiger partial charge is 0.495 e. The van der Waals surface area contributed by atoms with Crippen molar-refractivity contribution in [3.8, 4) is 11.4 Å². The molecule has 0 bridgehead atoms. The standard InChI is InChI=1S/C27H28FN3O3/c1-17-15-30(16-29-17)24-11-6-18(13-26(24)34-2)12-20-14-25(32)23-5-3-4-22(31(23)27(20)33)19-7-9-21(28)10-8-19/h6-13,15-16,22-23,25,32H,3-5,14H2,1-2H3/t22-,23+,25?/m1/s1. The fourth-order valence-electron chi connectivity index (χ4n) is 5.20. The normalized spacial score (nSPS) is 23.8. The summed E-state index contributed by atoms with van der Waals surface area (Å²) in [5.74, 6) is 0.290. The van der Waals surface area contributed by atoms with E-state index in [0.29, 0.717) is 17.7 Å². The highest BCUT2D eigenvalue weighted by Gasteiger charge is 2.43. The van der Waals surface area contributed by atoms with E-state index in [-0.39, 0.29) is 23.8 Å². The molecule has 2 aliphatic rings. The molecule has 1 unspecified atom stereocenters. The molecule has 7 heteroatoms. The number of hydrogen-bond donors (Lipinski definition) is 1. The number of carbonyl (C=O) groups is 1. The minimum Gasteiger partial charge on any atom is -0.495 e. The highest BCUT2D eigenvalue weighted by Crippen LogP contribution is 2.41. The lowest BCUT2D eigenvalue weighted by Crippen LogP contribution is -2.55. The molecule has 0 saturated carbocycles. The molecule has 3 atom stereocenters. The number of fused-ring (bicyclic) bond motifs is 1. The van der Waals surface area contributed by atoms with Gasteiger partial charge in [0.25, 0.3) is 5.91 Å². The molecule has 5 rings (SSSR count). The zero-order valence-electron chi connectivity index (χ0n) is 19.3. The summed E-state index contributed by atoms with van der Waals surface area (Å²) in [6, 6.07) is 11.7. The van der Waals surface area contributed by atoms with Crippen molar-refractivity contribution in [2.75, 3.05) is 7.11 Å². The van der Waals surface area contributed by atoms with Gasteiger partial charge in [-0.05, 0) is 67.7 Å². The van der Waals surface area contributed by atoms with E-state index in [1.165, 1.54) is 12.1 Å². The number of rotatable bonds is 4. The number of piperidine rings is 2. The van der Waals surface area contributed by atoms with Crippen LogP contribution in [0.15, 0.2) is 60.6 Å². The number of nitrogens with zero attached hydrogens (tertiary/aromatic N) is 3. The molecule has 1 N–H and O–H groups in total. The third kappa shape index (κ3) is 4.12. The smallest absolute Gasteiger partial charge is 0.250 e. The lowest BCUT2D eigenvalue weighted by molar-refractivity contribution is -0.142. The van der Waals surface area contributed by atoms with Gasteiger partial charge in [-0.1, -0.05) is 18.2 Å². The number of aliphatic hydroxyl groups is 1. The Morgan fingerprint density at radius 2 is 1.97 bits per heavy atom. The highest BCUT2D eigenvalue weighted by molar-refractivity contribution is 5.99. The molecular formula is C27H28FN3O3. The van der Waals surface area contributed by atoms with Crippen molar-refractivity contribution < 1.29 is 19.0 Å². The molecule has 6 nitrogen and oxygen atoms in total. The second kappa shape index (κ2) is 9.06. The van der Waals surface area contributed by atoms with Crippen LogP contribution < -0.4 is 4.74 Å². The van der Waals surface area contributed by atoms with Crippen LogP contribution in [-0.4, -0.2) is 44.7 Å². The van der Waals surface area contributed by atoms with E-state index in [9.17, 15) is 14.3 Å². The molecule has 0 radical (unpaired) electrons. The number of aliphatic hydroxyl groups excluding tert-OH is 1. The monoisotopic (exact) mass is 461 g/mol. The van der Waals surface area contributed by atoms with Crippen molar-refractivity contribution in [3.63, 3.8) is 0 Å². The van der Waals surface area contributed by atoms with Crippen molar-refractivity contribution in [2.24, 2.45) is 0 Å². The Morgan fingerprint density at radius 1 is 1.18 bits per heavy atom. The molecule has 176 valence electrons. The van der Waals surface area contributed by atoms with Crippen molar-refractivity contribution in [3.05, 3.63) is 83.2 Å². The number of carbonyl (C=O) groups excluding carboxylic acids is 1. The number of ether oxygens (including phenoxy) is 1. The van der Waals surface area contributed by atoms with Crippen LogP contribution in [0.2, 0.25) is 0 Å². The van der Waals surface area contributed by atoms with E-state index in [0.717, 1.165) is 41.8 Å². The molecule has 0 aliphatic carbocycles. The lowest BCUT2D eigenvalue weighted by Gasteiger charge is -2.48. The van der Waals surface area contributed by atoms with Gasteiger partial charge in [0.2, 0.25) is 0 Å². The number of benzene rings is 2. The van der Waals surface area contributed by atoms with Crippen molar-refractivity contribution in [1.82, 2.24) is 14.5 Å². The first-order valence-electron chi connectivity index (χ1n) is 11.6. The van der Waals surface area contributed by atoms with Gasteiger partial charge in [-0.25, -0.2) is 9.37 Å². The van der Waals surface area contributed by atoms with Gasteiger partial charge in [0.05, 0.1) is 43.0 Å². The van der Waals surface area contributed by atoms with Gasteiger partial charge in [0, 0.05) is 18.2 Å². The minimum absolute atomic E-state index is 0.0717. The molecule has 0 spiro atoms. The van der Waals surface area contributed by atoms with Crippen molar-refractivity contribution in [1.29, 1.82) is 0 Å². The van der Waals surface area contributed by atoms with E-state index < -0.39 is 6.10 Å². The Balaban J connectivity index is 1.47. The quantitative estimate of drug-likeness (QED) is 0.577. The summed E-state index contributed by atoms with van der Waals surface area (Å²) in [6.45, 7) is 1.93. The van der Waals surface area contributed by atoms with Gasteiger partial charge in [-0.15, -0.1) is 0 Å². The average Bonchev–Trinajstić information content (AvgIpc) is 3.28. The van der Waals surface area contributed by atoms with Crippen molar-refractivity contribution >= 4 is 12.0 Å². The number of aryl methyl sites for hydroxylation is 1. The number of hydrogen-bond acceptors (Lipinski definition) is 4. The van der Waals surface area contributed by atoms with Crippen LogP contribution in [0, 0.1) is 12.7 Å². The van der Waals surface area contributed by atoms with E-state index in [1.54, 1.807) is 25.6 Å². The van der Waals surface area contributed by atoms with Crippen LogP contribution >= 0.6 is 0 Å². The van der Waals surface area contributed by atoms with Gasteiger partial charge in [0.15, 0.2) is 0 Å². The zero-order chi connectivity index (χ0) is 23.8. The molecule has 3 heterocycles. The highest BCUT2D eigenvalue weighted by atomic mass is 19.1. The Kier molecular flexibility index (Phi) is 5.96. The molecule has 1 amide bonds. The maximum absolute atomic E-state index is 13.6. The number of imidazole rings is 1. The third-order valence-corrected chi connectivity index (χ3v) is 6.84. The van der Waals surface area contributed by atoms with E-state index in [4.69, 9.17) is 4.74 Å². The molecule has 3 aromatic rings. The van der Waals surface area contributed by atoms with Gasteiger partial charge < -0.3 is 19.3 Å². The number of methoxy groups -OCH3 is 1. The van der Waals surface area contributed by atoms with Crippen LogP contribution in [-0.2, 0) is 4.79 Å². The second-order valence-electron chi connectivity index (χ2n) is 9.07. The Bertz CT molecular complexity index is 1230. The first-order chi connectivity index (χ1) is 16.4. The first-order valence-corrected chi connectivity index (χ1v) is 11.6. The second-order valence-corrected chi connectivity index (χ2v) is 9.07. The fraction of sp³-hybridized carbons (Fsp3) is 0.333. The lowest BCUT2D eigenvalue weighted by atomic mass is 9.82. The molecule has 2 aromatic carbocycles. The molecule has 2 aliphatic heterocycles. The first kappa shape index (κ1) is 22.3. The summed E-state index contributed by atoms with van der Waals surface area (Å²) in [7, 11) is 1.61. The van der Waals surface area contributed by atoms with Gasteiger partial charge >= 0.3 is 0 Å². The molecule has 1 aromatic heterocycles. The summed E-state index contributed by atoms with van der Waals surface area (Å²) >= 11 is 0. The Morgan fingerprint density at radius 3 is 2.68 bits per heavy atom. The molecule has 2 saturated heterocycles. The average molecular weight is 462 g/mol. The number of amides is 1. The Labute approximate surface area is 198 Å². The van der Waals surface area contributed by atoms with Crippen LogP contribution in [0.1, 0.15) is 48.5 Å². The predicted molar refractivity (Wildman–Crippen MR) is 127 cm³/mol. The zero-order valence-corrected chi connectivity index (χ0v) is 19.3. The fourth-order valence-corrected chi connectivity index (χ4v) is 5.20. The molecule has 2 fully saturated rings. The molecular weight excluding hydrogens is 433 g/mol. The summed E-state index contributed by atoms with van der Waals surface area (Å²) in [5.41, 5.74) is 4.04. The van der Waals surface area contributed by atoms with E-state index >= 15 is 0 Å². The van der Waals surface area contributed by atoms with E-state index in [2.05, 4.69) is 4.98 Å². The maximum atomic E-state index is 13.6. The van der Waals surface area contributed by atoms with Crippen LogP contribution in [0.3, 0.4) is 0 Å². The topological polar surface area (TPSA) is 67.6 Å². The van der Waals surface area contributed by atoms with Crippen LogP contribution in [0.5, 0.6) is 5.75 Å². The van der Waals surface area contributed by atoms with Crippen molar-refractivity contribution in [2.45, 2.75) is 50.8 Å². The third-order valence-electron chi connectivity index (χ3n) is 6.84. The number of halogens is 1. The SMILES string of the molecule is COc1cc(C=C2CC(O)[C@@H]3CCC[C@H](c4ccc(F)cc4)N3C2=O)ccc1-n1cnc(C)c1. The van der Waals surface area contributed by atoms with Crippen LogP contribution in [0.25, 0.3) is 11.8 Å². The number of aromatic nitrogens is 2. The van der Waals surface area contributed by atoms with Gasteiger partial charge in [-0.2, -0.15) is 0 Å². The Hall–Kier alpha value is -3.45. The van der Waals surface area contributed by atoms with Crippen LogP contribution in [0.4, 0.5) is 4.39 Å².